The molecule has 1 aromatic heterocycles. The summed E-state index contributed by atoms with van der Waals surface area (Å²) in [7, 11) is 0. The van der Waals surface area contributed by atoms with Crippen LogP contribution in [0, 0.1) is 5.92 Å². The lowest BCUT2D eigenvalue weighted by atomic mass is 9.94. The molecule has 0 atom stereocenters. The molecule has 0 unspecified atom stereocenters. The van der Waals surface area contributed by atoms with Gasteiger partial charge in [-0.3, -0.25) is 9.69 Å². The summed E-state index contributed by atoms with van der Waals surface area (Å²) in [6.45, 7) is 8.73. The molecule has 0 aliphatic carbocycles. The maximum Gasteiger partial charge on any atom is 0.241 e. The first-order chi connectivity index (χ1) is 14.1. The Balaban J connectivity index is 1.29. The van der Waals surface area contributed by atoms with Crippen molar-refractivity contribution in [2.75, 3.05) is 26.2 Å². The van der Waals surface area contributed by atoms with Gasteiger partial charge in [0.05, 0.1) is 6.54 Å². The minimum absolute atomic E-state index is 0.182. The van der Waals surface area contributed by atoms with E-state index in [2.05, 4.69) is 58.1 Å². The summed E-state index contributed by atoms with van der Waals surface area (Å²) < 4.78 is 5.49. The molecule has 2 saturated heterocycles. The predicted molar refractivity (Wildman–Crippen MR) is 112 cm³/mol. The van der Waals surface area contributed by atoms with Gasteiger partial charge in [-0.05, 0) is 56.7 Å². The summed E-state index contributed by atoms with van der Waals surface area (Å²) in [5.41, 5.74) is 2.29. The van der Waals surface area contributed by atoms with Crippen molar-refractivity contribution >= 4 is 5.91 Å². The second kappa shape index (κ2) is 9.08. The highest BCUT2D eigenvalue weighted by molar-refractivity contribution is 5.79. The van der Waals surface area contributed by atoms with Crippen molar-refractivity contribution in [3.63, 3.8) is 0 Å². The van der Waals surface area contributed by atoms with Crippen LogP contribution < -0.4 is 0 Å². The summed E-state index contributed by atoms with van der Waals surface area (Å²) in [6.07, 6.45) is 5.42. The molecule has 1 aromatic carbocycles. The molecule has 2 aliphatic heterocycles. The molecule has 0 N–H and O–H groups in total. The number of rotatable bonds is 5. The summed E-state index contributed by atoms with van der Waals surface area (Å²) in [5, 5.41) is 4.16. The zero-order valence-corrected chi connectivity index (χ0v) is 17.6. The molecular formula is C23H32N4O2. The van der Waals surface area contributed by atoms with Crippen LogP contribution in [-0.2, 0) is 11.3 Å². The van der Waals surface area contributed by atoms with E-state index in [-0.39, 0.29) is 5.92 Å². The Bertz CT molecular complexity index is 801. The Hall–Kier alpha value is -2.21. The number of aromatic nitrogens is 2. The highest BCUT2D eigenvalue weighted by Crippen LogP contribution is 2.24. The third-order valence-corrected chi connectivity index (χ3v) is 6.27. The summed E-state index contributed by atoms with van der Waals surface area (Å²) in [6, 6.07) is 8.36. The van der Waals surface area contributed by atoms with Crippen LogP contribution in [0.5, 0.6) is 0 Å². The number of carbonyl (C=O) groups is 1. The Kier molecular flexibility index (Phi) is 6.28. The monoisotopic (exact) mass is 396 g/mol. The van der Waals surface area contributed by atoms with Crippen molar-refractivity contribution in [1.82, 2.24) is 19.9 Å². The topological polar surface area (TPSA) is 62.5 Å². The summed E-state index contributed by atoms with van der Waals surface area (Å²) in [4.78, 5) is 21.7. The van der Waals surface area contributed by atoms with Crippen LogP contribution in [0.15, 0.2) is 28.8 Å². The van der Waals surface area contributed by atoms with Crippen molar-refractivity contribution in [1.29, 1.82) is 0 Å². The summed E-state index contributed by atoms with van der Waals surface area (Å²) >= 11 is 0. The van der Waals surface area contributed by atoms with E-state index in [1.165, 1.54) is 12.0 Å². The molecule has 0 spiro atoms. The molecule has 29 heavy (non-hydrogen) atoms. The van der Waals surface area contributed by atoms with Gasteiger partial charge in [-0.1, -0.05) is 43.3 Å². The fourth-order valence-electron chi connectivity index (χ4n) is 4.36. The maximum atomic E-state index is 12.7. The van der Waals surface area contributed by atoms with Crippen molar-refractivity contribution in [3.8, 4) is 11.4 Å². The van der Waals surface area contributed by atoms with E-state index in [1.807, 2.05) is 0 Å². The average Bonchev–Trinajstić information content (AvgIpc) is 3.23. The van der Waals surface area contributed by atoms with Gasteiger partial charge in [-0.15, -0.1) is 0 Å². The average molecular weight is 397 g/mol. The van der Waals surface area contributed by atoms with E-state index >= 15 is 0 Å². The van der Waals surface area contributed by atoms with Crippen LogP contribution in [0.3, 0.4) is 0 Å². The third kappa shape index (κ3) is 4.86. The van der Waals surface area contributed by atoms with Gasteiger partial charge in [0.15, 0.2) is 0 Å². The van der Waals surface area contributed by atoms with Crippen LogP contribution in [0.1, 0.15) is 63.3 Å². The molecule has 6 heteroatoms. The largest absolute Gasteiger partial charge is 0.342 e. The van der Waals surface area contributed by atoms with Crippen molar-refractivity contribution in [3.05, 3.63) is 35.7 Å². The second-order valence-corrected chi connectivity index (χ2v) is 8.72. The molecule has 156 valence electrons. The van der Waals surface area contributed by atoms with Crippen molar-refractivity contribution < 1.29 is 9.32 Å². The molecule has 3 heterocycles. The van der Waals surface area contributed by atoms with E-state index in [0.29, 0.717) is 30.1 Å². The van der Waals surface area contributed by atoms with Gasteiger partial charge >= 0.3 is 0 Å². The van der Waals surface area contributed by atoms with E-state index in [1.54, 1.807) is 0 Å². The van der Waals surface area contributed by atoms with E-state index in [9.17, 15) is 4.79 Å². The minimum atomic E-state index is 0.182. The van der Waals surface area contributed by atoms with E-state index in [4.69, 9.17) is 4.52 Å². The molecule has 4 rings (SSSR count). The van der Waals surface area contributed by atoms with Gasteiger partial charge in [0.1, 0.15) is 0 Å². The van der Waals surface area contributed by atoms with Crippen LogP contribution in [0.2, 0.25) is 0 Å². The molecular weight excluding hydrogens is 364 g/mol. The fraction of sp³-hybridized carbons (Fsp3) is 0.609. The molecule has 2 aromatic rings. The Morgan fingerprint density at radius 3 is 2.41 bits per heavy atom. The minimum Gasteiger partial charge on any atom is -0.342 e. The normalized spacial score (nSPS) is 19.1. The van der Waals surface area contributed by atoms with Gasteiger partial charge in [0, 0.05) is 24.6 Å². The highest BCUT2D eigenvalue weighted by Gasteiger charge is 2.29. The molecule has 2 aliphatic rings. The molecule has 0 radical (unpaired) electrons. The number of nitrogens with zero attached hydrogens (tertiary/aromatic N) is 4. The Morgan fingerprint density at radius 2 is 1.76 bits per heavy atom. The van der Waals surface area contributed by atoms with Gasteiger partial charge in [0.25, 0.3) is 0 Å². The quantitative estimate of drug-likeness (QED) is 0.762. The SMILES string of the molecule is CC(C)c1ccc(-c2noc(CN3CCC(C(=O)N4CCCCC4)CC3)n2)cc1. The molecule has 6 nitrogen and oxygen atoms in total. The first kappa shape index (κ1) is 20.1. The van der Waals surface area contributed by atoms with Crippen LogP contribution in [-0.4, -0.2) is 52.0 Å². The Morgan fingerprint density at radius 1 is 1.07 bits per heavy atom. The lowest BCUT2D eigenvalue weighted by Gasteiger charge is -2.35. The number of hydrogen-bond acceptors (Lipinski definition) is 5. The van der Waals surface area contributed by atoms with E-state index in [0.717, 1.165) is 57.4 Å². The molecule has 2 fully saturated rings. The fourth-order valence-corrected chi connectivity index (χ4v) is 4.36. The first-order valence-electron chi connectivity index (χ1n) is 11.0. The molecule has 0 bridgehead atoms. The third-order valence-electron chi connectivity index (χ3n) is 6.27. The van der Waals surface area contributed by atoms with Crippen LogP contribution >= 0.6 is 0 Å². The number of piperidine rings is 2. The van der Waals surface area contributed by atoms with Crippen LogP contribution in [0.25, 0.3) is 11.4 Å². The van der Waals surface area contributed by atoms with Gasteiger partial charge in [-0.2, -0.15) is 4.98 Å². The van der Waals surface area contributed by atoms with Gasteiger partial charge in [-0.25, -0.2) is 0 Å². The van der Waals surface area contributed by atoms with Gasteiger partial charge in [0.2, 0.25) is 17.6 Å². The van der Waals surface area contributed by atoms with Gasteiger partial charge < -0.3 is 9.42 Å². The maximum absolute atomic E-state index is 12.7. The zero-order valence-electron chi connectivity index (χ0n) is 17.6. The standard InChI is InChI=1S/C23H32N4O2/c1-17(2)18-6-8-19(9-7-18)22-24-21(29-25-22)16-26-14-10-20(11-15-26)23(28)27-12-4-3-5-13-27/h6-9,17,20H,3-5,10-16H2,1-2H3. The van der Waals surface area contributed by atoms with Crippen molar-refractivity contribution in [2.24, 2.45) is 5.92 Å². The lowest BCUT2D eigenvalue weighted by Crippen LogP contribution is -2.44. The lowest BCUT2D eigenvalue weighted by molar-refractivity contribution is -0.138. The van der Waals surface area contributed by atoms with Crippen LogP contribution in [0.4, 0.5) is 0 Å². The number of hydrogen-bond donors (Lipinski definition) is 0. The zero-order chi connectivity index (χ0) is 20.2. The number of amides is 1. The predicted octanol–water partition coefficient (Wildman–Crippen LogP) is 4.08. The highest BCUT2D eigenvalue weighted by atomic mass is 16.5. The Labute approximate surface area is 173 Å². The van der Waals surface area contributed by atoms with Crippen molar-refractivity contribution in [2.45, 2.75) is 58.4 Å². The number of likely N-dealkylation sites (tertiary alicyclic amines) is 2. The summed E-state index contributed by atoms with van der Waals surface area (Å²) in [5.74, 6) is 2.35. The molecule has 1 amide bonds. The second-order valence-electron chi connectivity index (χ2n) is 8.72. The number of carbonyl (C=O) groups excluding carboxylic acids is 1. The van der Waals surface area contributed by atoms with E-state index < -0.39 is 0 Å². The first-order valence-corrected chi connectivity index (χ1v) is 11.0. The number of benzene rings is 1. The molecule has 0 saturated carbocycles. The smallest absolute Gasteiger partial charge is 0.241 e.